The van der Waals surface area contributed by atoms with Gasteiger partial charge in [-0.2, -0.15) is 5.26 Å². The standard InChI is InChI=1S/C21H16N4O3/c1-28-19-4-2-3-18(10-19)25-21(27)16-9-15(12-23-13-16)20(26)24-17-7-5-14(11-22)6-8-17/h2-10,12-13H,1H3,(H,24,26)(H,25,27). The molecule has 0 aliphatic carbocycles. The summed E-state index contributed by atoms with van der Waals surface area (Å²) in [6.45, 7) is 0. The third-order valence-corrected chi connectivity index (χ3v) is 3.86. The Bertz CT molecular complexity index is 1060. The van der Waals surface area contributed by atoms with Gasteiger partial charge in [0, 0.05) is 29.8 Å². The predicted molar refractivity (Wildman–Crippen MR) is 104 cm³/mol. The van der Waals surface area contributed by atoms with E-state index in [1.165, 1.54) is 18.5 Å². The number of hydrogen-bond acceptors (Lipinski definition) is 5. The lowest BCUT2D eigenvalue weighted by Crippen LogP contribution is -2.16. The first kappa shape index (κ1) is 18.6. The lowest BCUT2D eigenvalue weighted by atomic mass is 10.1. The monoisotopic (exact) mass is 372 g/mol. The number of hydrogen-bond donors (Lipinski definition) is 2. The highest BCUT2D eigenvalue weighted by atomic mass is 16.5. The molecule has 3 rings (SSSR count). The molecule has 7 heteroatoms. The summed E-state index contributed by atoms with van der Waals surface area (Å²) in [5.74, 6) is -0.187. The second-order valence-corrected chi connectivity index (χ2v) is 5.79. The molecule has 2 N–H and O–H groups in total. The van der Waals surface area contributed by atoms with Crippen LogP contribution in [-0.2, 0) is 0 Å². The maximum Gasteiger partial charge on any atom is 0.257 e. The van der Waals surface area contributed by atoms with Gasteiger partial charge in [0.1, 0.15) is 5.75 Å². The number of aromatic nitrogens is 1. The van der Waals surface area contributed by atoms with Crippen molar-refractivity contribution in [1.29, 1.82) is 5.26 Å². The van der Waals surface area contributed by atoms with Crippen LogP contribution in [0, 0.1) is 11.3 Å². The summed E-state index contributed by atoms with van der Waals surface area (Å²) in [6, 6.07) is 16.9. The van der Waals surface area contributed by atoms with E-state index in [2.05, 4.69) is 15.6 Å². The highest BCUT2D eigenvalue weighted by Crippen LogP contribution is 2.18. The normalized spacial score (nSPS) is 9.86. The van der Waals surface area contributed by atoms with E-state index in [0.29, 0.717) is 22.7 Å². The van der Waals surface area contributed by atoms with Crippen molar-refractivity contribution in [3.05, 3.63) is 83.7 Å². The predicted octanol–water partition coefficient (Wildman–Crippen LogP) is 3.47. The second kappa shape index (κ2) is 8.47. The van der Waals surface area contributed by atoms with E-state index in [1.807, 2.05) is 6.07 Å². The van der Waals surface area contributed by atoms with Gasteiger partial charge in [-0.3, -0.25) is 14.6 Å². The Morgan fingerprint density at radius 2 is 1.57 bits per heavy atom. The van der Waals surface area contributed by atoms with Crippen LogP contribution in [0.1, 0.15) is 26.3 Å². The quantitative estimate of drug-likeness (QED) is 0.714. The van der Waals surface area contributed by atoms with Crippen molar-refractivity contribution in [3.63, 3.8) is 0 Å². The van der Waals surface area contributed by atoms with Gasteiger partial charge in [-0.25, -0.2) is 0 Å². The minimum atomic E-state index is -0.409. The summed E-state index contributed by atoms with van der Waals surface area (Å²) in [5, 5.41) is 14.3. The molecule has 2 aromatic carbocycles. The minimum absolute atomic E-state index is 0.239. The zero-order chi connectivity index (χ0) is 19.9. The fourth-order valence-corrected chi connectivity index (χ4v) is 2.42. The van der Waals surface area contributed by atoms with Crippen LogP contribution in [0.2, 0.25) is 0 Å². The Balaban J connectivity index is 1.72. The first-order valence-electron chi connectivity index (χ1n) is 8.31. The molecule has 3 aromatic rings. The number of benzene rings is 2. The van der Waals surface area contributed by atoms with Crippen molar-refractivity contribution in [2.45, 2.75) is 0 Å². The van der Waals surface area contributed by atoms with Crippen molar-refractivity contribution in [2.75, 3.05) is 17.7 Å². The molecule has 0 aliphatic rings. The van der Waals surface area contributed by atoms with Gasteiger partial charge in [0.15, 0.2) is 0 Å². The van der Waals surface area contributed by atoms with Gasteiger partial charge in [-0.05, 0) is 42.5 Å². The smallest absolute Gasteiger partial charge is 0.257 e. The lowest BCUT2D eigenvalue weighted by molar-refractivity contribution is 0.102. The van der Waals surface area contributed by atoms with Crippen molar-refractivity contribution in [3.8, 4) is 11.8 Å². The van der Waals surface area contributed by atoms with Crippen LogP contribution in [-0.4, -0.2) is 23.9 Å². The first-order valence-corrected chi connectivity index (χ1v) is 8.31. The highest BCUT2D eigenvalue weighted by molar-refractivity contribution is 6.08. The molecule has 0 spiro atoms. The Labute approximate surface area is 161 Å². The number of ether oxygens (including phenoxy) is 1. The van der Waals surface area contributed by atoms with Crippen molar-refractivity contribution in [2.24, 2.45) is 0 Å². The van der Waals surface area contributed by atoms with Crippen molar-refractivity contribution < 1.29 is 14.3 Å². The van der Waals surface area contributed by atoms with Gasteiger partial charge in [0.2, 0.25) is 0 Å². The number of anilines is 2. The van der Waals surface area contributed by atoms with E-state index in [9.17, 15) is 9.59 Å². The molecule has 0 aliphatic heterocycles. The summed E-state index contributed by atoms with van der Waals surface area (Å²) < 4.78 is 5.13. The summed E-state index contributed by atoms with van der Waals surface area (Å²) in [7, 11) is 1.54. The maximum absolute atomic E-state index is 12.5. The third kappa shape index (κ3) is 4.51. The second-order valence-electron chi connectivity index (χ2n) is 5.79. The van der Waals surface area contributed by atoms with Gasteiger partial charge in [0.25, 0.3) is 11.8 Å². The molecular weight excluding hydrogens is 356 g/mol. The zero-order valence-corrected chi connectivity index (χ0v) is 15.0. The molecule has 0 fully saturated rings. The summed E-state index contributed by atoms with van der Waals surface area (Å²) in [4.78, 5) is 28.9. The van der Waals surface area contributed by atoms with Crippen molar-refractivity contribution >= 4 is 23.2 Å². The summed E-state index contributed by atoms with van der Waals surface area (Å²) in [6.07, 6.45) is 2.76. The Hall–Kier alpha value is -4.18. The van der Waals surface area contributed by atoms with Crippen LogP contribution < -0.4 is 15.4 Å². The van der Waals surface area contributed by atoms with E-state index in [4.69, 9.17) is 10.00 Å². The molecule has 1 heterocycles. The van der Waals surface area contributed by atoms with Crippen LogP contribution in [0.4, 0.5) is 11.4 Å². The Kier molecular flexibility index (Phi) is 5.63. The molecule has 0 atom stereocenters. The number of carbonyl (C=O) groups excluding carboxylic acids is 2. The average Bonchev–Trinajstić information content (AvgIpc) is 2.74. The van der Waals surface area contributed by atoms with Crippen LogP contribution in [0.15, 0.2) is 67.0 Å². The third-order valence-electron chi connectivity index (χ3n) is 3.86. The summed E-state index contributed by atoms with van der Waals surface area (Å²) in [5.41, 5.74) is 2.08. The molecule has 0 bridgehead atoms. The van der Waals surface area contributed by atoms with E-state index in [1.54, 1.807) is 55.6 Å². The average molecular weight is 372 g/mol. The number of nitrogens with one attached hydrogen (secondary N) is 2. The van der Waals surface area contributed by atoms with Gasteiger partial charge in [0.05, 0.1) is 29.9 Å². The van der Waals surface area contributed by atoms with E-state index in [0.717, 1.165) is 0 Å². The number of nitriles is 1. The Morgan fingerprint density at radius 1 is 0.929 bits per heavy atom. The van der Waals surface area contributed by atoms with Gasteiger partial charge in [-0.1, -0.05) is 6.07 Å². The first-order chi connectivity index (χ1) is 13.6. The van der Waals surface area contributed by atoms with E-state index in [-0.39, 0.29) is 11.1 Å². The van der Waals surface area contributed by atoms with Crippen molar-refractivity contribution in [1.82, 2.24) is 4.98 Å². The summed E-state index contributed by atoms with van der Waals surface area (Å²) >= 11 is 0. The molecule has 0 saturated carbocycles. The number of amides is 2. The topological polar surface area (TPSA) is 104 Å². The number of carbonyl (C=O) groups is 2. The number of methoxy groups -OCH3 is 1. The van der Waals surface area contributed by atoms with E-state index < -0.39 is 11.8 Å². The highest BCUT2D eigenvalue weighted by Gasteiger charge is 2.12. The fraction of sp³-hybridized carbons (Fsp3) is 0.0476. The zero-order valence-electron chi connectivity index (χ0n) is 15.0. The molecule has 0 saturated heterocycles. The minimum Gasteiger partial charge on any atom is -0.497 e. The Morgan fingerprint density at radius 3 is 2.18 bits per heavy atom. The molecule has 1 aromatic heterocycles. The molecule has 0 radical (unpaired) electrons. The number of nitrogens with zero attached hydrogens (tertiary/aromatic N) is 2. The van der Waals surface area contributed by atoms with Crippen LogP contribution in [0.3, 0.4) is 0 Å². The SMILES string of the molecule is COc1cccc(NC(=O)c2cncc(C(=O)Nc3ccc(C#N)cc3)c2)c1. The van der Waals surface area contributed by atoms with Crippen LogP contribution >= 0.6 is 0 Å². The van der Waals surface area contributed by atoms with Crippen LogP contribution in [0.5, 0.6) is 5.75 Å². The maximum atomic E-state index is 12.5. The lowest BCUT2D eigenvalue weighted by Gasteiger charge is -2.08. The number of pyridine rings is 1. The molecular formula is C21H16N4O3. The molecule has 138 valence electrons. The molecule has 7 nitrogen and oxygen atoms in total. The molecule has 0 unspecified atom stereocenters. The van der Waals surface area contributed by atoms with Gasteiger partial charge >= 0.3 is 0 Å². The van der Waals surface area contributed by atoms with Gasteiger partial charge in [-0.15, -0.1) is 0 Å². The fourth-order valence-electron chi connectivity index (χ4n) is 2.42. The van der Waals surface area contributed by atoms with Gasteiger partial charge < -0.3 is 15.4 Å². The largest absolute Gasteiger partial charge is 0.497 e. The molecule has 2 amide bonds. The van der Waals surface area contributed by atoms with Crippen LogP contribution in [0.25, 0.3) is 0 Å². The molecule has 28 heavy (non-hydrogen) atoms. The van der Waals surface area contributed by atoms with E-state index >= 15 is 0 Å². The number of rotatable bonds is 5.